The first kappa shape index (κ1) is 25.7. The summed E-state index contributed by atoms with van der Waals surface area (Å²) in [5, 5.41) is 2.22. The number of nitrogens with zero attached hydrogens (tertiary/aromatic N) is 1. The number of fused-ring (bicyclic) bond motifs is 6. The fraction of sp³-hybridized carbons (Fsp3) is 0.0204. The first-order valence-electron chi connectivity index (χ1n) is 19.2. The topological polar surface area (TPSA) is 3.24 Å². The van der Waals surface area contributed by atoms with E-state index in [4.69, 9.17) is 0 Å². The SMILES string of the molecule is [2H]c1c([2H])c(N(c2ccc3c(c2)C(c2ccccc2)(c2ccccc2)c2ccccc2-3)c2cccc3c2sc2ccccc23)c([2H])c([2H])c1-c1ccccc1. The van der Waals surface area contributed by atoms with Gasteiger partial charge in [-0.15, -0.1) is 11.3 Å². The van der Waals surface area contributed by atoms with Gasteiger partial charge >= 0.3 is 0 Å². The minimum absolute atomic E-state index is 0.0767. The smallest absolute Gasteiger partial charge is 0.0714 e. The molecule has 0 unspecified atom stereocenters. The lowest BCUT2D eigenvalue weighted by molar-refractivity contribution is 0.768. The summed E-state index contributed by atoms with van der Waals surface area (Å²) in [4.78, 5) is 1.97. The van der Waals surface area contributed by atoms with E-state index in [1.54, 1.807) is 11.3 Å². The van der Waals surface area contributed by atoms with Gasteiger partial charge in [0, 0.05) is 26.8 Å². The van der Waals surface area contributed by atoms with Crippen LogP contribution in [-0.4, -0.2) is 0 Å². The molecule has 0 amide bonds. The van der Waals surface area contributed by atoms with E-state index >= 15 is 0 Å². The van der Waals surface area contributed by atoms with Crippen LogP contribution in [0.25, 0.3) is 42.4 Å². The Balaban J connectivity index is 1.31. The van der Waals surface area contributed by atoms with Crippen molar-refractivity contribution >= 4 is 48.6 Å². The molecule has 0 atom stereocenters. The third-order valence-electron chi connectivity index (χ3n) is 10.2. The van der Waals surface area contributed by atoms with Crippen molar-refractivity contribution in [1.82, 2.24) is 0 Å². The molecule has 8 aromatic carbocycles. The normalized spacial score (nSPS) is 14.0. The molecule has 51 heavy (non-hydrogen) atoms. The highest BCUT2D eigenvalue weighted by Gasteiger charge is 2.46. The van der Waals surface area contributed by atoms with E-state index < -0.39 is 5.41 Å². The quantitative estimate of drug-likeness (QED) is 0.170. The summed E-state index contributed by atoms with van der Waals surface area (Å²) in [6.07, 6.45) is 0. The number of anilines is 3. The maximum atomic E-state index is 9.64. The van der Waals surface area contributed by atoms with Gasteiger partial charge in [0.1, 0.15) is 0 Å². The predicted molar refractivity (Wildman–Crippen MR) is 217 cm³/mol. The van der Waals surface area contributed by atoms with Gasteiger partial charge in [0.2, 0.25) is 0 Å². The zero-order chi connectivity index (χ0) is 37.3. The molecule has 0 aliphatic heterocycles. The maximum absolute atomic E-state index is 9.64. The molecule has 0 saturated heterocycles. The fourth-order valence-electron chi connectivity index (χ4n) is 8.04. The zero-order valence-electron chi connectivity index (χ0n) is 31.6. The Labute approximate surface area is 308 Å². The van der Waals surface area contributed by atoms with E-state index in [0.29, 0.717) is 5.56 Å². The minimum atomic E-state index is -0.661. The van der Waals surface area contributed by atoms with Crippen LogP contribution >= 0.6 is 11.3 Å². The molecule has 1 aliphatic rings. The number of hydrogen-bond donors (Lipinski definition) is 0. The number of rotatable bonds is 6. The molecule has 1 aliphatic carbocycles. The van der Waals surface area contributed by atoms with Crippen LogP contribution < -0.4 is 4.90 Å². The molecule has 9 aromatic rings. The van der Waals surface area contributed by atoms with Crippen molar-refractivity contribution in [3.63, 3.8) is 0 Å². The molecule has 1 aromatic heterocycles. The van der Waals surface area contributed by atoms with Crippen molar-refractivity contribution < 1.29 is 5.48 Å². The van der Waals surface area contributed by atoms with Crippen molar-refractivity contribution in [2.75, 3.05) is 4.90 Å². The minimum Gasteiger partial charge on any atom is -0.309 e. The molecule has 0 saturated carbocycles. The lowest BCUT2D eigenvalue weighted by Gasteiger charge is -2.35. The van der Waals surface area contributed by atoms with E-state index in [-0.39, 0.29) is 35.4 Å². The van der Waals surface area contributed by atoms with Crippen LogP contribution in [0, 0.1) is 0 Å². The summed E-state index contributed by atoms with van der Waals surface area (Å²) in [6.45, 7) is 0. The Morgan fingerprint density at radius 1 is 0.451 bits per heavy atom. The summed E-state index contributed by atoms with van der Waals surface area (Å²) in [5.41, 5.74) is 8.86. The summed E-state index contributed by atoms with van der Waals surface area (Å²) in [7, 11) is 0. The standard InChI is InChI=1S/C49H33NS/c1-4-15-34(16-5-1)35-27-29-38(30-28-35)50(46-25-14-23-43-42-22-11-13-26-47(42)51-48(43)46)39-31-32-41-40-21-10-12-24-44(40)49(45(41)33-39,36-17-6-2-7-18-36)37-19-8-3-9-20-37/h1-33H/i27D,28D,29D,30D. The van der Waals surface area contributed by atoms with Crippen molar-refractivity contribution in [3.05, 3.63) is 222 Å². The molecule has 1 heterocycles. The highest BCUT2D eigenvalue weighted by Crippen LogP contribution is 2.57. The number of hydrogen-bond acceptors (Lipinski definition) is 2. The van der Waals surface area contributed by atoms with E-state index in [1.165, 1.54) is 5.56 Å². The summed E-state index contributed by atoms with van der Waals surface area (Å²) in [6, 6.07) is 59.9. The van der Waals surface area contributed by atoms with E-state index in [1.807, 2.05) is 53.4 Å². The first-order valence-corrected chi connectivity index (χ1v) is 18.0. The second-order valence-electron chi connectivity index (χ2n) is 12.9. The summed E-state index contributed by atoms with van der Waals surface area (Å²) < 4.78 is 40.2. The van der Waals surface area contributed by atoms with Crippen molar-refractivity contribution in [2.24, 2.45) is 0 Å². The van der Waals surface area contributed by atoms with Gasteiger partial charge in [0.05, 0.1) is 21.3 Å². The van der Waals surface area contributed by atoms with Crippen LogP contribution in [0.1, 0.15) is 27.7 Å². The first-order chi connectivity index (χ1) is 27.0. The van der Waals surface area contributed by atoms with Gasteiger partial charge in [-0.05, 0) is 80.9 Å². The molecular weight excluding hydrogens is 635 g/mol. The largest absolute Gasteiger partial charge is 0.309 e. The molecule has 0 N–H and O–H groups in total. The van der Waals surface area contributed by atoms with Gasteiger partial charge in [-0.3, -0.25) is 0 Å². The molecule has 240 valence electrons. The van der Waals surface area contributed by atoms with Crippen LogP contribution in [0.2, 0.25) is 0 Å². The van der Waals surface area contributed by atoms with Gasteiger partial charge in [0.15, 0.2) is 0 Å². The lowest BCUT2D eigenvalue weighted by Crippen LogP contribution is -2.28. The molecule has 0 bridgehead atoms. The van der Waals surface area contributed by atoms with E-state index in [9.17, 15) is 5.48 Å². The van der Waals surface area contributed by atoms with Crippen LogP contribution in [-0.2, 0) is 5.41 Å². The van der Waals surface area contributed by atoms with E-state index in [2.05, 4.69) is 127 Å². The van der Waals surface area contributed by atoms with Crippen LogP contribution in [0.3, 0.4) is 0 Å². The second kappa shape index (κ2) is 12.0. The monoisotopic (exact) mass is 671 g/mol. The second-order valence-corrected chi connectivity index (χ2v) is 14.0. The maximum Gasteiger partial charge on any atom is 0.0714 e. The molecule has 10 rings (SSSR count). The number of thiophene rings is 1. The van der Waals surface area contributed by atoms with Gasteiger partial charge in [-0.2, -0.15) is 0 Å². The van der Waals surface area contributed by atoms with Crippen molar-refractivity contribution in [2.45, 2.75) is 5.41 Å². The van der Waals surface area contributed by atoms with Gasteiger partial charge in [-0.1, -0.05) is 164 Å². The Hall–Kier alpha value is -6.22. The van der Waals surface area contributed by atoms with Gasteiger partial charge in [0.25, 0.3) is 0 Å². The van der Waals surface area contributed by atoms with Crippen molar-refractivity contribution in [3.8, 4) is 22.3 Å². The van der Waals surface area contributed by atoms with Gasteiger partial charge in [-0.25, -0.2) is 0 Å². The number of benzene rings is 8. The average Bonchev–Trinajstić information content (AvgIpc) is 3.77. The molecular formula is C49H33NS. The lowest BCUT2D eigenvalue weighted by atomic mass is 9.67. The molecule has 0 radical (unpaired) electrons. The average molecular weight is 672 g/mol. The zero-order valence-corrected chi connectivity index (χ0v) is 28.4. The Morgan fingerprint density at radius 2 is 1.06 bits per heavy atom. The Kier molecular flexibility index (Phi) is 6.04. The van der Waals surface area contributed by atoms with Crippen LogP contribution in [0.5, 0.6) is 0 Å². The summed E-state index contributed by atoms with van der Waals surface area (Å²) >= 11 is 1.68. The molecule has 2 heteroatoms. The summed E-state index contributed by atoms with van der Waals surface area (Å²) in [5.74, 6) is 0. The third-order valence-corrected chi connectivity index (χ3v) is 11.4. The van der Waals surface area contributed by atoms with Gasteiger partial charge < -0.3 is 4.90 Å². The van der Waals surface area contributed by atoms with E-state index in [0.717, 1.165) is 59.4 Å². The Morgan fingerprint density at radius 3 is 1.80 bits per heavy atom. The molecule has 1 nitrogen and oxygen atoms in total. The molecule has 0 fully saturated rings. The molecule has 0 spiro atoms. The highest BCUT2D eigenvalue weighted by atomic mass is 32.1. The van der Waals surface area contributed by atoms with Crippen LogP contribution in [0.4, 0.5) is 17.1 Å². The Bertz CT molecular complexity index is 2850. The highest BCUT2D eigenvalue weighted by molar-refractivity contribution is 7.26. The third kappa shape index (κ3) is 4.61. The fourth-order valence-corrected chi connectivity index (χ4v) is 9.24. The predicted octanol–water partition coefficient (Wildman–Crippen LogP) is 13.6. The van der Waals surface area contributed by atoms with Crippen molar-refractivity contribution in [1.29, 1.82) is 0 Å². The van der Waals surface area contributed by atoms with Crippen LogP contribution in [0.15, 0.2) is 200 Å².